The van der Waals surface area contributed by atoms with Crippen LogP contribution in [0, 0.1) is 0 Å². The minimum atomic E-state index is -3.36. The fourth-order valence-electron chi connectivity index (χ4n) is 1.85. The van der Waals surface area contributed by atoms with Crippen LogP contribution in [0.25, 0.3) is 0 Å². The topological polar surface area (TPSA) is 110 Å². The first-order valence-corrected chi connectivity index (χ1v) is 8.82. The molecule has 1 amide bonds. The number of carboxylic acids is 1. The Morgan fingerprint density at radius 3 is 2.35 bits per heavy atom. The zero-order chi connectivity index (χ0) is 17.5. The van der Waals surface area contributed by atoms with Crippen LogP contribution in [0.15, 0.2) is 29.2 Å². The maximum absolute atomic E-state index is 12.0. The van der Waals surface area contributed by atoms with E-state index in [9.17, 15) is 18.0 Å². The van der Waals surface area contributed by atoms with Crippen molar-refractivity contribution in [2.45, 2.75) is 30.7 Å². The first-order chi connectivity index (χ1) is 10.8. The number of hydrogen-bond donors (Lipinski definition) is 2. The van der Waals surface area contributed by atoms with Gasteiger partial charge in [0, 0.05) is 12.7 Å². The second-order valence-electron chi connectivity index (χ2n) is 5.02. The molecule has 1 aromatic rings. The number of carboxylic acid groups (broad SMARTS) is 1. The smallest absolute Gasteiger partial charge is 0.328 e. The summed E-state index contributed by atoms with van der Waals surface area (Å²) in [6.07, 6.45) is 1.34. The van der Waals surface area contributed by atoms with E-state index < -0.39 is 27.8 Å². The summed E-state index contributed by atoms with van der Waals surface area (Å²) in [6, 6.07) is 4.26. The van der Waals surface area contributed by atoms with Crippen molar-refractivity contribution in [1.29, 1.82) is 0 Å². The van der Waals surface area contributed by atoms with E-state index in [4.69, 9.17) is 9.84 Å². The summed E-state index contributed by atoms with van der Waals surface area (Å²) in [6.45, 7) is 1.74. The number of rotatable bonds is 9. The standard InChI is InChI=1S/C15H21NO6S/c1-3-4-9-23(20,21)12-7-5-11(6-8-12)14(17)16-13(10-22-2)15(18)19/h5-8,13H,3-4,9-10H2,1-2H3,(H,16,17)(H,18,19). The van der Waals surface area contributed by atoms with Gasteiger partial charge in [-0.25, -0.2) is 13.2 Å². The van der Waals surface area contributed by atoms with Gasteiger partial charge in [0.2, 0.25) is 0 Å². The third-order valence-corrected chi connectivity index (χ3v) is 5.00. The Labute approximate surface area is 135 Å². The highest BCUT2D eigenvalue weighted by molar-refractivity contribution is 7.91. The molecular weight excluding hydrogens is 322 g/mol. The first kappa shape index (κ1) is 19.1. The number of aliphatic carboxylic acids is 1. The van der Waals surface area contributed by atoms with E-state index in [1.54, 1.807) is 0 Å². The number of carbonyl (C=O) groups is 2. The summed E-state index contributed by atoms with van der Waals surface area (Å²) in [5.41, 5.74) is 0.182. The molecule has 0 fully saturated rings. The van der Waals surface area contributed by atoms with E-state index in [0.717, 1.165) is 6.42 Å². The fourth-order valence-corrected chi connectivity index (χ4v) is 3.30. The summed E-state index contributed by atoms with van der Waals surface area (Å²) in [5.74, 6) is -1.75. The predicted molar refractivity (Wildman–Crippen MR) is 84.2 cm³/mol. The summed E-state index contributed by atoms with van der Waals surface area (Å²) in [5, 5.41) is 11.3. The highest BCUT2D eigenvalue weighted by Crippen LogP contribution is 2.14. The molecular formula is C15H21NO6S. The van der Waals surface area contributed by atoms with Gasteiger partial charge < -0.3 is 15.2 Å². The van der Waals surface area contributed by atoms with Crippen molar-refractivity contribution in [3.63, 3.8) is 0 Å². The number of amides is 1. The highest BCUT2D eigenvalue weighted by Gasteiger charge is 2.21. The van der Waals surface area contributed by atoms with Crippen LogP contribution < -0.4 is 5.32 Å². The second kappa shape index (κ2) is 8.64. The molecule has 7 nitrogen and oxygen atoms in total. The quantitative estimate of drug-likeness (QED) is 0.694. The summed E-state index contributed by atoms with van der Waals surface area (Å²) in [4.78, 5) is 23.1. The van der Waals surface area contributed by atoms with E-state index >= 15 is 0 Å². The number of carbonyl (C=O) groups excluding carboxylic acids is 1. The normalized spacial score (nSPS) is 12.6. The van der Waals surface area contributed by atoms with Crippen LogP contribution in [0.5, 0.6) is 0 Å². The zero-order valence-electron chi connectivity index (χ0n) is 13.1. The molecule has 0 bridgehead atoms. The SMILES string of the molecule is CCCCS(=O)(=O)c1ccc(C(=O)NC(COC)C(=O)O)cc1. The molecule has 0 aliphatic heterocycles. The molecule has 0 aliphatic rings. The number of unbranched alkanes of at least 4 members (excludes halogenated alkanes) is 1. The minimum absolute atomic E-state index is 0.0595. The largest absolute Gasteiger partial charge is 0.480 e. The Morgan fingerprint density at radius 2 is 1.87 bits per heavy atom. The molecule has 0 spiro atoms. The lowest BCUT2D eigenvalue weighted by atomic mass is 10.2. The Bertz CT molecular complexity index is 638. The van der Waals surface area contributed by atoms with Crippen molar-refractivity contribution in [3.05, 3.63) is 29.8 Å². The van der Waals surface area contributed by atoms with Crippen molar-refractivity contribution in [2.24, 2.45) is 0 Å². The highest BCUT2D eigenvalue weighted by atomic mass is 32.2. The molecule has 1 atom stereocenters. The molecule has 0 aliphatic carbocycles. The van der Waals surface area contributed by atoms with Crippen LogP contribution in [0.2, 0.25) is 0 Å². The van der Waals surface area contributed by atoms with Gasteiger partial charge in [-0.15, -0.1) is 0 Å². The van der Waals surface area contributed by atoms with Crippen LogP contribution in [-0.4, -0.2) is 50.9 Å². The number of nitrogens with one attached hydrogen (secondary N) is 1. The van der Waals surface area contributed by atoms with Crippen LogP contribution >= 0.6 is 0 Å². The number of methoxy groups -OCH3 is 1. The molecule has 1 aromatic carbocycles. The van der Waals surface area contributed by atoms with Crippen LogP contribution in [0.4, 0.5) is 0 Å². The zero-order valence-corrected chi connectivity index (χ0v) is 13.9. The van der Waals surface area contributed by atoms with Gasteiger partial charge in [0.1, 0.15) is 0 Å². The lowest BCUT2D eigenvalue weighted by Gasteiger charge is -2.13. The molecule has 0 aromatic heterocycles. The average Bonchev–Trinajstić information content (AvgIpc) is 2.52. The number of sulfone groups is 1. The van der Waals surface area contributed by atoms with E-state index in [0.29, 0.717) is 6.42 Å². The molecule has 0 saturated carbocycles. The van der Waals surface area contributed by atoms with Crippen molar-refractivity contribution in [1.82, 2.24) is 5.32 Å². The molecule has 0 radical (unpaired) electrons. The summed E-state index contributed by atoms with van der Waals surface area (Å²) < 4.78 is 28.8. The van der Waals surface area contributed by atoms with E-state index in [1.165, 1.54) is 31.4 Å². The molecule has 8 heteroatoms. The van der Waals surface area contributed by atoms with Gasteiger partial charge in [-0.05, 0) is 30.7 Å². The van der Waals surface area contributed by atoms with Crippen molar-refractivity contribution in [3.8, 4) is 0 Å². The first-order valence-electron chi connectivity index (χ1n) is 7.17. The second-order valence-corrected chi connectivity index (χ2v) is 7.13. The number of hydrogen-bond acceptors (Lipinski definition) is 5. The van der Waals surface area contributed by atoms with Gasteiger partial charge in [-0.3, -0.25) is 4.79 Å². The molecule has 1 rings (SSSR count). The van der Waals surface area contributed by atoms with Gasteiger partial charge in [0.15, 0.2) is 15.9 Å². The molecule has 0 heterocycles. The van der Waals surface area contributed by atoms with Crippen molar-refractivity contribution in [2.75, 3.05) is 19.5 Å². The van der Waals surface area contributed by atoms with E-state index in [-0.39, 0.29) is 22.8 Å². The summed E-state index contributed by atoms with van der Waals surface area (Å²) in [7, 11) is -2.02. The lowest BCUT2D eigenvalue weighted by Crippen LogP contribution is -2.43. The summed E-state index contributed by atoms with van der Waals surface area (Å²) >= 11 is 0. The minimum Gasteiger partial charge on any atom is -0.480 e. The van der Waals surface area contributed by atoms with Crippen molar-refractivity contribution < 1.29 is 27.9 Å². The maximum atomic E-state index is 12.0. The monoisotopic (exact) mass is 343 g/mol. The van der Waals surface area contributed by atoms with Crippen LogP contribution in [0.3, 0.4) is 0 Å². The molecule has 128 valence electrons. The average molecular weight is 343 g/mol. The van der Waals surface area contributed by atoms with Gasteiger partial charge in [-0.2, -0.15) is 0 Å². The van der Waals surface area contributed by atoms with Crippen LogP contribution in [-0.2, 0) is 19.4 Å². The molecule has 2 N–H and O–H groups in total. The van der Waals surface area contributed by atoms with Crippen molar-refractivity contribution >= 4 is 21.7 Å². The molecule has 1 unspecified atom stereocenters. The van der Waals surface area contributed by atoms with Gasteiger partial charge in [-0.1, -0.05) is 13.3 Å². The maximum Gasteiger partial charge on any atom is 0.328 e. The van der Waals surface area contributed by atoms with Gasteiger partial charge in [0.25, 0.3) is 5.91 Å². The molecule has 0 saturated heterocycles. The Kier molecular flexibility index (Phi) is 7.18. The van der Waals surface area contributed by atoms with E-state index in [2.05, 4.69) is 5.32 Å². The Hall–Kier alpha value is -1.93. The lowest BCUT2D eigenvalue weighted by molar-refractivity contribution is -0.140. The Morgan fingerprint density at radius 1 is 1.26 bits per heavy atom. The predicted octanol–water partition coefficient (Wildman–Crippen LogP) is 1.09. The number of benzene rings is 1. The Balaban J connectivity index is 2.83. The van der Waals surface area contributed by atoms with Gasteiger partial charge >= 0.3 is 5.97 Å². The van der Waals surface area contributed by atoms with Crippen LogP contribution in [0.1, 0.15) is 30.1 Å². The molecule has 23 heavy (non-hydrogen) atoms. The third-order valence-electron chi connectivity index (χ3n) is 3.18. The van der Waals surface area contributed by atoms with E-state index in [1.807, 2.05) is 6.92 Å². The number of ether oxygens (including phenoxy) is 1. The van der Waals surface area contributed by atoms with Gasteiger partial charge in [0.05, 0.1) is 17.3 Å². The fraction of sp³-hybridized carbons (Fsp3) is 0.467. The third kappa shape index (κ3) is 5.65.